The molecule has 0 saturated carbocycles. The van der Waals surface area contributed by atoms with Crippen molar-refractivity contribution in [3.8, 4) is 0 Å². The van der Waals surface area contributed by atoms with Crippen LogP contribution in [-0.4, -0.2) is 41.4 Å². The quantitative estimate of drug-likeness (QED) is 0.416. The smallest absolute Gasteiger partial charge is 0.148 e. The number of methoxy groups -OCH3 is 1. The molecule has 114 valence electrons. The molecule has 0 bridgehead atoms. The third-order valence-corrected chi connectivity index (χ3v) is 2.95. The highest BCUT2D eigenvalue weighted by atomic mass is 16.5. The van der Waals surface area contributed by atoms with Gasteiger partial charge in [0.15, 0.2) is 0 Å². The van der Waals surface area contributed by atoms with Gasteiger partial charge in [0, 0.05) is 25.1 Å². The lowest BCUT2D eigenvalue weighted by molar-refractivity contribution is 0.0615. The van der Waals surface area contributed by atoms with E-state index in [1.54, 1.807) is 7.11 Å². The van der Waals surface area contributed by atoms with E-state index in [0.29, 0.717) is 25.4 Å². The first-order valence-corrected chi connectivity index (χ1v) is 6.75. The Labute approximate surface area is 119 Å². The third kappa shape index (κ3) is 4.59. The first-order valence-electron chi connectivity index (χ1n) is 6.75. The van der Waals surface area contributed by atoms with E-state index in [-0.39, 0.29) is 5.92 Å². The van der Waals surface area contributed by atoms with Gasteiger partial charge < -0.3 is 20.6 Å². The van der Waals surface area contributed by atoms with Crippen molar-refractivity contribution in [3.63, 3.8) is 0 Å². The van der Waals surface area contributed by atoms with Crippen LogP contribution in [0, 0.1) is 6.92 Å². The molecule has 0 aliphatic rings. The molecule has 0 aromatic carbocycles. The van der Waals surface area contributed by atoms with Gasteiger partial charge >= 0.3 is 0 Å². The summed E-state index contributed by atoms with van der Waals surface area (Å²) in [6, 6.07) is 0. The van der Waals surface area contributed by atoms with Crippen molar-refractivity contribution >= 4 is 11.6 Å². The third-order valence-electron chi connectivity index (χ3n) is 2.95. The number of nitrogens with two attached hydrogens (primary N) is 1. The van der Waals surface area contributed by atoms with Crippen LogP contribution in [-0.2, 0) is 4.74 Å². The molecule has 1 aromatic heterocycles. The maximum absolute atomic E-state index is 9.61. The number of aliphatic hydroxyl groups is 1. The molecule has 1 heterocycles. The van der Waals surface area contributed by atoms with Crippen LogP contribution in [0.1, 0.15) is 37.6 Å². The molecule has 0 amide bonds. The van der Waals surface area contributed by atoms with Crippen molar-refractivity contribution in [2.24, 2.45) is 5.84 Å². The average Bonchev–Trinajstić information content (AvgIpc) is 2.40. The van der Waals surface area contributed by atoms with E-state index in [1.807, 2.05) is 20.8 Å². The predicted octanol–water partition coefficient (Wildman–Crippen LogP) is 1.00. The molecule has 7 heteroatoms. The minimum atomic E-state index is -0.480. The summed E-state index contributed by atoms with van der Waals surface area (Å²) in [6.45, 7) is 6.88. The summed E-state index contributed by atoms with van der Waals surface area (Å²) in [5, 5.41) is 12.8. The summed E-state index contributed by atoms with van der Waals surface area (Å²) in [6.07, 6.45) is 0.103. The second kappa shape index (κ2) is 7.98. The Morgan fingerprint density at radius 1 is 1.30 bits per heavy atom. The van der Waals surface area contributed by atoms with Gasteiger partial charge in [-0.15, -0.1) is 0 Å². The van der Waals surface area contributed by atoms with Crippen LogP contribution >= 0.6 is 0 Å². The number of hydrogen-bond donors (Lipinski definition) is 4. The van der Waals surface area contributed by atoms with Crippen molar-refractivity contribution in [2.45, 2.75) is 39.2 Å². The normalized spacial score (nSPS) is 12.6. The second-order valence-electron chi connectivity index (χ2n) is 5.03. The monoisotopic (exact) mass is 283 g/mol. The Morgan fingerprint density at radius 3 is 2.50 bits per heavy atom. The van der Waals surface area contributed by atoms with Crippen LogP contribution < -0.4 is 16.6 Å². The van der Waals surface area contributed by atoms with Crippen LogP contribution in [0.25, 0.3) is 0 Å². The zero-order valence-corrected chi connectivity index (χ0v) is 12.6. The van der Waals surface area contributed by atoms with E-state index in [0.717, 1.165) is 17.2 Å². The average molecular weight is 283 g/mol. The van der Waals surface area contributed by atoms with Gasteiger partial charge in [0.05, 0.1) is 12.7 Å². The van der Waals surface area contributed by atoms with Crippen molar-refractivity contribution in [3.05, 3.63) is 11.4 Å². The Kier molecular flexibility index (Phi) is 6.63. The van der Waals surface area contributed by atoms with Crippen molar-refractivity contribution < 1.29 is 9.84 Å². The van der Waals surface area contributed by atoms with Gasteiger partial charge in [0.25, 0.3) is 0 Å². The fourth-order valence-electron chi connectivity index (χ4n) is 1.74. The maximum atomic E-state index is 9.61. The lowest BCUT2D eigenvalue weighted by atomic mass is 10.2. The lowest BCUT2D eigenvalue weighted by Gasteiger charge is -2.16. The summed E-state index contributed by atoms with van der Waals surface area (Å²) in [5.41, 5.74) is 3.45. The highest BCUT2D eigenvalue weighted by Gasteiger charge is 2.12. The van der Waals surface area contributed by atoms with Gasteiger partial charge in [-0.3, -0.25) is 0 Å². The molecule has 0 aliphatic heterocycles. The molecule has 5 N–H and O–H groups in total. The maximum Gasteiger partial charge on any atom is 0.148 e. The molecule has 7 nitrogen and oxygen atoms in total. The second-order valence-corrected chi connectivity index (χ2v) is 5.03. The fraction of sp³-hybridized carbons (Fsp3) is 0.692. The predicted molar refractivity (Wildman–Crippen MR) is 79.7 cm³/mol. The molecule has 0 spiro atoms. The summed E-state index contributed by atoms with van der Waals surface area (Å²) < 4.78 is 4.89. The van der Waals surface area contributed by atoms with Crippen LogP contribution in [0.2, 0.25) is 0 Å². The zero-order chi connectivity index (χ0) is 15.1. The molecule has 0 saturated heterocycles. The lowest BCUT2D eigenvalue weighted by Crippen LogP contribution is -2.20. The molecule has 1 unspecified atom stereocenters. The number of aliphatic hydroxyl groups excluding tert-OH is 1. The van der Waals surface area contributed by atoms with Crippen LogP contribution in [0.3, 0.4) is 0 Å². The molecule has 0 aliphatic carbocycles. The first-order chi connectivity index (χ1) is 9.49. The van der Waals surface area contributed by atoms with E-state index in [9.17, 15) is 5.11 Å². The topological polar surface area (TPSA) is 105 Å². The summed E-state index contributed by atoms with van der Waals surface area (Å²) in [4.78, 5) is 8.86. The van der Waals surface area contributed by atoms with Gasteiger partial charge in [-0.1, -0.05) is 13.8 Å². The van der Waals surface area contributed by atoms with E-state index in [4.69, 9.17) is 10.6 Å². The minimum Gasteiger partial charge on any atom is -0.391 e. The van der Waals surface area contributed by atoms with E-state index in [2.05, 4.69) is 20.7 Å². The van der Waals surface area contributed by atoms with Gasteiger partial charge in [-0.25, -0.2) is 15.8 Å². The molecule has 1 rings (SSSR count). The molecule has 1 aromatic rings. The largest absolute Gasteiger partial charge is 0.391 e. The van der Waals surface area contributed by atoms with E-state index < -0.39 is 6.10 Å². The number of rotatable bonds is 8. The number of nitrogens with zero attached hydrogens (tertiary/aromatic N) is 2. The Hall–Kier alpha value is -1.44. The Bertz CT molecular complexity index is 425. The number of hydrogen-bond acceptors (Lipinski definition) is 7. The van der Waals surface area contributed by atoms with Crippen molar-refractivity contribution in [2.75, 3.05) is 31.0 Å². The number of nitrogen functional groups attached to an aromatic ring is 1. The number of aromatic nitrogens is 2. The SMILES string of the molecule is COCC(O)CCNc1nc(C(C)C)nc(NN)c1C. The van der Waals surface area contributed by atoms with Crippen molar-refractivity contribution in [1.82, 2.24) is 9.97 Å². The molecule has 0 radical (unpaired) electrons. The summed E-state index contributed by atoms with van der Waals surface area (Å²) >= 11 is 0. The van der Waals surface area contributed by atoms with Crippen LogP contribution in [0.4, 0.5) is 11.6 Å². The number of hydrazine groups is 1. The number of ether oxygens (including phenoxy) is 1. The molecule has 20 heavy (non-hydrogen) atoms. The zero-order valence-electron chi connectivity index (χ0n) is 12.6. The highest BCUT2D eigenvalue weighted by Crippen LogP contribution is 2.22. The first kappa shape index (κ1) is 16.6. The van der Waals surface area contributed by atoms with Crippen molar-refractivity contribution in [1.29, 1.82) is 0 Å². The van der Waals surface area contributed by atoms with Gasteiger partial charge in [0.2, 0.25) is 0 Å². The summed E-state index contributed by atoms with van der Waals surface area (Å²) in [7, 11) is 1.57. The van der Waals surface area contributed by atoms with Gasteiger partial charge in [0.1, 0.15) is 17.5 Å². The Balaban J connectivity index is 2.75. The standard InChI is InChI=1S/C13H25N5O2/c1-8(2)11-16-12(9(3)13(17-11)18-14)15-6-5-10(19)7-20-4/h8,10,19H,5-7,14H2,1-4H3,(H2,15,16,17,18). The number of anilines is 2. The van der Waals surface area contributed by atoms with E-state index >= 15 is 0 Å². The van der Waals surface area contributed by atoms with E-state index in [1.165, 1.54) is 0 Å². The molecular formula is C13H25N5O2. The van der Waals surface area contributed by atoms with Gasteiger partial charge in [-0.05, 0) is 13.3 Å². The fourth-order valence-corrected chi connectivity index (χ4v) is 1.74. The molecule has 1 atom stereocenters. The van der Waals surface area contributed by atoms with Crippen LogP contribution in [0.15, 0.2) is 0 Å². The van der Waals surface area contributed by atoms with Gasteiger partial charge in [-0.2, -0.15) is 0 Å². The molecule has 0 fully saturated rings. The summed E-state index contributed by atoms with van der Waals surface area (Å²) in [5.74, 6) is 7.77. The number of nitrogens with one attached hydrogen (secondary N) is 2. The van der Waals surface area contributed by atoms with Crippen LogP contribution in [0.5, 0.6) is 0 Å². The molecular weight excluding hydrogens is 258 g/mol. The minimum absolute atomic E-state index is 0.210. The Morgan fingerprint density at radius 2 is 1.95 bits per heavy atom. The highest BCUT2D eigenvalue weighted by molar-refractivity contribution is 5.56.